The predicted octanol–water partition coefficient (Wildman–Crippen LogP) is 1.19. The average molecular weight is 737 g/mol. The lowest BCUT2D eigenvalue weighted by atomic mass is 10.1. The Morgan fingerprint density at radius 3 is 1.52 bits per heavy atom. The lowest BCUT2D eigenvalue weighted by Gasteiger charge is -2.38. The molecule has 4 aliphatic rings. The van der Waals surface area contributed by atoms with Gasteiger partial charge in [0.1, 0.15) is 0 Å². The number of imidazole rings is 1. The van der Waals surface area contributed by atoms with Gasteiger partial charge in [-0.05, 0) is 70.2 Å². The largest absolute Gasteiger partial charge is 0.759 e. The van der Waals surface area contributed by atoms with Crippen molar-refractivity contribution in [3.8, 4) is 0 Å². The number of rotatable bonds is 6. The van der Waals surface area contributed by atoms with Gasteiger partial charge in [-0.15, -0.1) is 10.2 Å². The zero-order chi connectivity index (χ0) is 37.9. The van der Waals surface area contributed by atoms with Gasteiger partial charge in [0.25, 0.3) is 0 Å². The Balaban J connectivity index is 0.000000200. The first-order chi connectivity index (χ1) is 25.0. The average Bonchev–Trinajstić information content (AvgIpc) is 3.95. The van der Waals surface area contributed by atoms with Crippen LogP contribution < -0.4 is 41.1 Å². The normalized spacial score (nSPS) is 15.5. The molecular weight excluding hydrogens is 685 g/mol. The van der Waals surface area contributed by atoms with Crippen LogP contribution in [0.2, 0.25) is 0 Å². The molecule has 0 spiro atoms. The van der Waals surface area contributed by atoms with Gasteiger partial charge in [0.15, 0.2) is 0 Å². The highest BCUT2D eigenvalue weighted by Crippen LogP contribution is 2.36. The molecule has 4 aliphatic heterocycles. The number of likely N-dealkylation sites (N-methyl/N-ethyl adjacent to an activating group) is 4. The number of aromatic nitrogens is 2. The van der Waals surface area contributed by atoms with Crippen molar-refractivity contribution in [1.82, 2.24) is 9.97 Å². The molecule has 0 aliphatic carbocycles. The maximum Gasteiger partial charge on any atom is 0.248 e. The maximum atomic E-state index is 8.52. The van der Waals surface area contributed by atoms with Crippen LogP contribution in [0.25, 0.3) is 0 Å². The first-order valence-corrected chi connectivity index (χ1v) is 18.7. The maximum absolute atomic E-state index is 8.52. The number of para-hydroxylation sites is 2. The zero-order valence-electron chi connectivity index (χ0n) is 30.4. The molecule has 0 atom stereocenters. The van der Waals surface area contributed by atoms with Gasteiger partial charge in [-0.25, -0.2) is 4.98 Å². The van der Waals surface area contributed by atoms with E-state index in [2.05, 4.69) is 114 Å². The number of fused-ring (bicyclic) bond motifs is 2. The van der Waals surface area contributed by atoms with Crippen LogP contribution in [0.5, 0.6) is 0 Å². The highest BCUT2D eigenvalue weighted by Gasteiger charge is 2.21. The fraction of sp³-hybridized carbons (Fsp3) is 0.400. The first-order valence-electron chi connectivity index (χ1n) is 17.3. The molecule has 0 fully saturated rings. The van der Waals surface area contributed by atoms with Gasteiger partial charge in [0.05, 0.1) is 53.7 Å². The molecule has 16 nitrogen and oxygen atoms in total. The molecule has 0 saturated carbocycles. The third-order valence-corrected chi connectivity index (χ3v) is 8.20. The molecule has 0 amide bonds. The molecule has 2 aromatic carbocycles. The SMILES string of the molecule is CCN1CCN(CC)c2cc(N=Nc3ncc[nH]3)ccc21.CCN1CCN(CC)c2ccccc21.NC1=[NH+]C=CC1.NC1=[NH+]C=CC1.O=S(=O)([O-])[O-]. The Bertz CT molecular complexity index is 1730. The van der Waals surface area contributed by atoms with Gasteiger partial charge in [-0.3, -0.25) is 29.9 Å². The summed E-state index contributed by atoms with van der Waals surface area (Å²) in [6.45, 7) is 17.5. The minimum atomic E-state index is -5.17. The Morgan fingerprint density at radius 1 is 0.731 bits per heavy atom. The molecule has 7 rings (SSSR count). The Labute approximate surface area is 306 Å². The molecule has 17 heteroatoms. The number of amidine groups is 2. The summed E-state index contributed by atoms with van der Waals surface area (Å²) < 4.78 is 34.1. The number of aromatic amines is 1. The van der Waals surface area contributed by atoms with Crippen LogP contribution in [0, 0.1) is 0 Å². The smallest absolute Gasteiger partial charge is 0.248 e. The van der Waals surface area contributed by atoms with Crippen molar-refractivity contribution in [3.63, 3.8) is 0 Å². The summed E-state index contributed by atoms with van der Waals surface area (Å²) in [6.07, 6.45) is 12.8. The van der Waals surface area contributed by atoms with Gasteiger partial charge in [-0.1, -0.05) is 12.1 Å². The van der Waals surface area contributed by atoms with E-state index >= 15 is 0 Å². The number of hydrogen-bond donors (Lipinski definition) is 5. The van der Waals surface area contributed by atoms with Gasteiger partial charge in [0.2, 0.25) is 17.6 Å². The first kappa shape index (κ1) is 41.2. The van der Waals surface area contributed by atoms with Crippen LogP contribution in [0.15, 0.2) is 89.6 Å². The molecule has 0 bridgehead atoms. The Morgan fingerprint density at radius 2 is 1.17 bits per heavy atom. The Kier molecular flexibility index (Phi) is 16.8. The van der Waals surface area contributed by atoms with Crippen LogP contribution in [0.1, 0.15) is 40.5 Å². The monoisotopic (exact) mass is 736 g/mol. The Hall–Kier alpha value is -5.26. The molecule has 52 heavy (non-hydrogen) atoms. The molecule has 3 aromatic rings. The zero-order valence-corrected chi connectivity index (χ0v) is 31.2. The number of benzene rings is 2. The molecule has 7 N–H and O–H groups in total. The summed E-state index contributed by atoms with van der Waals surface area (Å²) in [5, 5.41) is 8.36. The summed E-state index contributed by atoms with van der Waals surface area (Å²) in [7, 11) is -5.17. The molecule has 1 aromatic heterocycles. The second kappa shape index (κ2) is 21.2. The quantitative estimate of drug-likeness (QED) is 0.137. The van der Waals surface area contributed by atoms with E-state index < -0.39 is 10.4 Å². The van der Waals surface area contributed by atoms with Crippen LogP contribution in [-0.4, -0.2) is 91.5 Å². The molecule has 5 heterocycles. The van der Waals surface area contributed by atoms with E-state index in [1.54, 1.807) is 12.4 Å². The highest BCUT2D eigenvalue weighted by atomic mass is 32.3. The third kappa shape index (κ3) is 13.8. The number of anilines is 4. The standard InChI is InChI=1S/C15H20N6.C12H18N2.2C4H6N2.H2O4S/c1-3-20-9-10-21(4-2)14-11-12(5-6-13(14)20)18-19-15-16-7-8-17-15;1-3-13-9-10-14(4-2)12-8-6-5-7-11(12)13;2*5-4-2-1-3-6-4;1-5(2,3)4/h5-8,11H,3-4,9-10H2,1-2H3,(H,16,17);5-8H,3-4,9-10H2,1-2H3;2*1,3H,2H2,(H2,5,6);(H2,1,2,3,4). The molecule has 0 saturated heterocycles. The summed E-state index contributed by atoms with van der Waals surface area (Å²) >= 11 is 0. The highest BCUT2D eigenvalue weighted by molar-refractivity contribution is 7.79. The predicted molar refractivity (Wildman–Crippen MR) is 205 cm³/mol. The molecule has 0 radical (unpaired) electrons. The van der Waals surface area contributed by atoms with Gasteiger partial charge in [0, 0.05) is 75.2 Å². The number of nitrogens with one attached hydrogen (secondary N) is 3. The van der Waals surface area contributed by atoms with Crippen LogP contribution in [-0.2, 0) is 10.4 Å². The molecule has 0 unspecified atom stereocenters. The fourth-order valence-corrected chi connectivity index (χ4v) is 5.61. The minimum Gasteiger partial charge on any atom is -0.759 e. The second-order valence-corrected chi connectivity index (χ2v) is 12.4. The van der Waals surface area contributed by atoms with Crippen molar-refractivity contribution in [1.29, 1.82) is 0 Å². The van der Waals surface area contributed by atoms with E-state index in [1.165, 1.54) is 22.7 Å². The van der Waals surface area contributed by atoms with Gasteiger partial charge in [-0.2, -0.15) is 0 Å². The van der Waals surface area contributed by atoms with Gasteiger partial charge < -0.3 is 33.7 Å². The van der Waals surface area contributed by atoms with E-state index in [0.29, 0.717) is 5.95 Å². The second-order valence-electron chi connectivity index (χ2n) is 11.6. The fourth-order valence-electron chi connectivity index (χ4n) is 5.61. The van der Waals surface area contributed by atoms with E-state index in [-0.39, 0.29) is 0 Å². The van der Waals surface area contributed by atoms with Crippen molar-refractivity contribution < 1.29 is 27.5 Å². The number of H-pyrrole nitrogens is 1. The lowest BCUT2D eigenvalue weighted by molar-refractivity contribution is -0.370. The van der Waals surface area contributed by atoms with E-state index in [0.717, 1.165) is 82.6 Å². The van der Waals surface area contributed by atoms with Crippen LogP contribution >= 0.6 is 0 Å². The number of hydrogen-bond acceptors (Lipinski definition) is 13. The number of azo groups is 1. The van der Waals surface area contributed by atoms with Crippen molar-refractivity contribution in [2.75, 3.05) is 72.0 Å². The molecule has 282 valence electrons. The minimum absolute atomic E-state index is 0.523. The van der Waals surface area contributed by atoms with Crippen molar-refractivity contribution in [2.24, 2.45) is 21.7 Å². The number of nitrogens with zero attached hydrogens (tertiary/aromatic N) is 7. The summed E-state index contributed by atoms with van der Waals surface area (Å²) in [5.74, 6) is 2.21. The summed E-state index contributed by atoms with van der Waals surface area (Å²) in [5.41, 5.74) is 16.7. The molecular formula is C35H52N12O4S. The number of nitrogens with two attached hydrogens (primary N) is 2. The van der Waals surface area contributed by atoms with Crippen molar-refractivity contribution >= 4 is 56.5 Å². The van der Waals surface area contributed by atoms with Gasteiger partial charge >= 0.3 is 0 Å². The summed E-state index contributed by atoms with van der Waals surface area (Å²) in [4.78, 5) is 22.3. The van der Waals surface area contributed by atoms with E-state index in [9.17, 15) is 0 Å². The topological polar surface area (TPSA) is 227 Å². The van der Waals surface area contributed by atoms with Crippen molar-refractivity contribution in [3.05, 3.63) is 79.4 Å². The van der Waals surface area contributed by atoms with E-state index in [1.807, 2.05) is 30.6 Å². The van der Waals surface area contributed by atoms with E-state index in [4.69, 9.17) is 29.0 Å². The van der Waals surface area contributed by atoms with Crippen molar-refractivity contribution in [2.45, 2.75) is 40.5 Å². The third-order valence-electron chi connectivity index (χ3n) is 8.20. The van der Waals surface area contributed by atoms with Crippen LogP contribution in [0.3, 0.4) is 0 Å². The van der Waals surface area contributed by atoms with Crippen LogP contribution in [0.4, 0.5) is 34.4 Å². The lowest BCUT2D eigenvalue weighted by Crippen LogP contribution is -2.66. The summed E-state index contributed by atoms with van der Waals surface area (Å²) in [6, 6.07) is 14.9.